The SMILES string of the molecule is COC[C@H]1CN(C(=O)c2ccccc2F)Cc2cnn(CC3CC3)c21. The molecular weight excluding hydrogens is 321 g/mol. The normalized spacial score (nSPS) is 19.8. The molecule has 25 heavy (non-hydrogen) atoms. The number of rotatable bonds is 5. The van der Waals surface area contributed by atoms with E-state index < -0.39 is 5.82 Å². The average molecular weight is 343 g/mol. The minimum Gasteiger partial charge on any atom is -0.384 e. The Morgan fingerprint density at radius 1 is 1.36 bits per heavy atom. The Morgan fingerprint density at radius 3 is 2.88 bits per heavy atom. The second-order valence-corrected chi connectivity index (χ2v) is 7.00. The van der Waals surface area contributed by atoms with Gasteiger partial charge >= 0.3 is 0 Å². The van der Waals surface area contributed by atoms with Gasteiger partial charge < -0.3 is 9.64 Å². The fourth-order valence-electron chi connectivity index (χ4n) is 3.63. The molecular formula is C19H22FN3O2. The van der Waals surface area contributed by atoms with Crippen LogP contribution in [0.15, 0.2) is 30.5 Å². The van der Waals surface area contributed by atoms with Crippen LogP contribution in [0.4, 0.5) is 4.39 Å². The van der Waals surface area contributed by atoms with Crippen LogP contribution in [0, 0.1) is 11.7 Å². The molecule has 132 valence electrons. The van der Waals surface area contributed by atoms with Gasteiger partial charge in [-0.1, -0.05) is 12.1 Å². The van der Waals surface area contributed by atoms with Crippen LogP contribution in [0.1, 0.15) is 40.4 Å². The van der Waals surface area contributed by atoms with Crippen LogP contribution < -0.4 is 0 Å². The number of carbonyl (C=O) groups excluding carboxylic acids is 1. The number of aromatic nitrogens is 2. The van der Waals surface area contributed by atoms with Crippen molar-refractivity contribution in [3.63, 3.8) is 0 Å². The van der Waals surface area contributed by atoms with Gasteiger partial charge in [-0.05, 0) is 30.9 Å². The number of halogens is 1. The van der Waals surface area contributed by atoms with Gasteiger partial charge in [0.15, 0.2) is 0 Å². The molecule has 1 atom stereocenters. The molecule has 0 saturated heterocycles. The Bertz CT molecular complexity index is 785. The van der Waals surface area contributed by atoms with Crippen molar-refractivity contribution in [3.8, 4) is 0 Å². The van der Waals surface area contributed by atoms with Gasteiger partial charge in [0.05, 0.1) is 24.1 Å². The third-order valence-electron chi connectivity index (χ3n) is 5.04. The Balaban J connectivity index is 1.61. The van der Waals surface area contributed by atoms with Crippen molar-refractivity contribution in [2.45, 2.75) is 31.8 Å². The summed E-state index contributed by atoms with van der Waals surface area (Å²) in [5.41, 5.74) is 2.33. The maximum absolute atomic E-state index is 14.0. The molecule has 1 aromatic carbocycles. The number of ether oxygens (including phenoxy) is 1. The second-order valence-electron chi connectivity index (χ2n) is 7.00. The highest BCUT2D eigenvalue weighted by Crippen LogP contribution is 2.34. The lowest BCUT2D eigenvalue weighted by Gasteiger charge is -2.33. The van der Waals surface area contributed by atoms with Crippen molar-refractivity contribution in [2.24, 2.45) is 5.92 Å². The molecule has 2 aliphatic rings. The average Bonchev–Trinajstić information content (AvgIpc) is 3.34. The van der Waals surface area contributed by atoms with Crippen LogP contribution >= 0.6 is 0 Å². The maximum Gasteiger partial charge on any atom is 0.257 e. The monoisotopic (exact) mass is 343 g/mol. The van der Waals surface area contributed by atoms with Gasteiger partial charge in [-0.25, -0.2) is 4.39 Å². The van der Waals surface area contributed by atoms with E-state index in [1.165, 1.54) is 30.7 Å². The summed E-state index contributed by atoms with van der Waals surface area (Å²) in [7, 11) is 1.67. The summed E-state index contributed by atoms with van der Waals surface area (Å²) in [4.78, 5) is 14.5. The van der Waals surface area contributed by atoms with Crippen LogP contribution in [0.25, 0.3) is 0 Å². The molecule has 1 amide bonds. The summed E-state index contributed by atoms with van der Waals surface area (Å²) in [6, 6.07) is 6.14. The summed E-state index contributed by atoms with van der Waals surface area (Å²) in [5.74, 6) is 0.0295. The molecule has 2 aromatic rings. The molecule has 0 N–H and O–H groups in total. The molecule has 1 aliphatic carbocycles. The molecule has 1 saturated carbocycles. The Morgan fingerprint density at radius 2 is 2.16 bits per heavy atom. The van der Waals surface area contributed by atoms with Gasteiger partial charge in [-0.15, -0.1) is 0 Å². The van der Waals surface area contributed by atoms with Crippen molar-refractivity contribution in [1.82, 2.24) is 14.7 Å². The van der Waals surface area contributed by atoms with Crippen LogP contribution in [-0.4, -0.2) is 40.8 Å². The molecule has 0 unspecified atom stereocenters. The first-order valence-electron chi connectivity index (χ1n) is 8.74. The Labute approximate surface area is 146 Å². The van der Waals surface area contributed by atoms with Crippen LogP contribution in [0.2, 0.25) is 0 Å². The second kappa shape index (κ2) is 6.59. The predicted molar refractivity (Wildman–Crippen MR) is 90.7 cm³/mol. The smallest absolute Gasteiger partial charge is 0.257 e. The lowest BCUT2D eigenvalue weighted by atomic mass is 9.96. The molecule has 0 spiro atoms. The first-order valence-corrected chi connectivity index (χ1v) is 8.74. The van der Waals surface area contributed by atoms with Gasteiger partial charge in [0, 0.05) is 38.2 Å². The first-order chi connectivity index (χ1) is 12.2. The zero-order valence-corrected chi connectivity index (χ0v) is 14.3. The van der Waals surface area contributed by atoms with E-state index in [-0.39, 0.29) is 17.4 Å². The van der Waals surface area contributed by atoms with Crippen molar-refractivity contribution in [2.75, 3.05) is 20.3 Å². The molecule has 2 heterocycles. The largest absolute Gasteiger partial charge is 0.384 e. The molecule has 6 heteroatoms. The predicted octanol–water partition coefficient (Wildman–Crippen LogP) is 2.82. The fraction of sp³-hybridized carbons (Fsp3) is 0.474. The van der Waals surface area contributed by atoms with E-state index in [9.17, 15) is 9.18 Å². The minimum atomic E-state index is -0.481. The van der Waals surface area contributed by atoms with Crippen molar-refractivity contribution < 1.29 is 13.9 Å². The van der Waals surface area contributed by atoms with E-state index in [4.69, 9.17) is 4.74 Å². The van der Waals surface area contributed by atoms with Crippen LogP contribution in [0.3, 0.4) is 0 Å². The van der Waals surface area contributed by atoms with E-state index in [0.29, 0.717) is 19.7 Å². The molecule has 0 radical (unpaired) electrons. The van der Waals surface area contributed by atoms with Crippen LogP contribution in [-0.2, 0) is 17.8 Å². The molecule has 1 aliphatic heterocycles. The third-order valence-corrected chi connectivity index (χ3v) is 5.04. The van der Waals surface area contributed by atoms with Gasteiger partial charge in [0.2, 0.25) is 0 Å². The van der Waals surface area contributed by atoms with Crippen molar-refractivity contribution >= 4 is 5.91 Å². The number of nitrogens with zero attached hydrogens (tertiary/aromatic N) is 3. The standard InChI is InChI=1S/C19H22FN3O2/c1-25-12-15-11-22(19(24)16-4-2-3-5-17(16)20)10-14-8-21-23(18(14)15)9-13-6-7-13/h2-5,8,13,15H,6-7,9-12H2,1H3/t15-/m1/s1. The first kappa shape index (κ1) is 16.3. The quantitative estimate of drug-likeness (QED) is 0.839. The number of fused-ring (bicyclic) bond motifs is 1. The number of hydrogen-bond acceptors (Lipinski definition) is 3. The highest BCUT2D eigenvalue weighted by atomic mass is 19.1. The summed E-state index contributed by atoms with van der Waals surface area (Å²) in [6.45, 7) is 2.44. The molecule has 1 aromatic heterocycles. The lowest BCUT2D eigenvalue weighted by molar-refractivity contribution is 0.0670. The number of methoxy groups -OCH3 is 1. The van der Waals surface area contributed by atoms with Gasteiger partial charge in [-0.3, -0.25) is 9.48 Å². The van der Waals surface area contributed by atoms with Crippen molar-refractivity contribution in [3.05, 3.63) is 53.1 Å². The highest BCUT2D eigenvalue weighted by Gasteiger charge is 2.34. The van der Waals surface area contributed by atoms with Crippen LogP contribution in [0.5, 0.6) is 0 Å². The number of hydrogen-bond donors (Lipinski definition) is 0. The molecule has 4 rings (SSSR count). The Hall–Kier alpha value is -2.21. The van der Waals surface area contributed by atoms with E-state index in [0.717, 1.165) is 18.0 Å². The van der Waals surface area contributed by atoms with E-state index >= 15 is 0 Å². The van der Waals surface area contributed by atoms with Gasteiger partial charge in [0.1, 0.15) is 5.82 Å². The summed E-state index contributed by atoms with van der Waals surface area (Å²) in [6.07, 6.45) is 4.38. The Kier molecular flexibility index (Phi) is 4.29. The maximum atomic E-state index is 14.0. The van der Waals surface area contributed by atoms with E-state index in [2.05, 4.69) is 9.78 Å². The summed E-state index contributed by atoms with van der Waals surface area (Å²) in [5, 5.41) is 4.54. The third kappa shape index (κ3) is 3.18. The number of benzene rings is 1. The fourth-order valence-corrected chi connectivity index (χ4v) is 3.63. The lowest BCUT2D eigenvalue weighted by Crippen LogP contribution is -2.40. The zero-order valence-electron chi connectivity index (χ0n) is 14.3. The highest BCUT2D eigenvalue weighted by molar-refractivity contribution is 5.94. The zero-order chi connectivity index (χ0) is 17.4. The minimum absolute atomic E-state index is 0.0609. The van der Waals surface area contributed by atoms with Gasteiger partial charge in [-0.2, -0.15) is 5.10 Å². The van der Waals surface area contributed by atoms with E-state index in [1.807, 2.05) is 6.20 Å². The molecule has 5 nitrogen and oxygen atoms in total. The van der Waals surface area contributed by atoms with Gasteiger partial charge in [0.25, 0.3) is 5.91 Å². The topological polar surface area (TPSA) is 47.4 Å². The number of amides is 1. The molecule has 0 bridgehead atoms. The van der Waals surface area contributed by atoms with Crippen molar-refractivity contribution in [1.29, 1.82) is 0 Å². The summed E-state index contributed by atoms with van der Waals surface area (Å²) < 4.78 is 21.5. The summed E-state index contributed by atoms with van der Waals surface area (Å²) >= 11 is 0. The molecule has 1 fully saturated rings. The van der Waals surface area contributed by atoms with E-state index in [1.54, 1.807) is 24.1 Å². The number of carbonyl (C=O) groups is 1.